The highest BCUT2D eigenvalue weighted by Gasteiger charge is 2.54. The maximum atomic E-state index is 13.3. The van der Waals surface area contributed by atoms with Crippen LogP contribution in [0.4, 0.5) is 0 Å². The molecule has 2 aromatic rings. The second-order valence-corrected chi connectivity index (χ2v) is 10.2. The van der Waals surface area contributed by atoms with Crippen LogP contribution in [-0.4, -0.2) is 48.1 Å². The number of amides is 1. The number of nitrogens with zero attached hydrogens (tertiary/aromatic N) is 2. The van der Waals surface area contributed by atoms with Gasteiger partial charge in [0.15, 0.2) is 5.25 Å². The van der Waals surface area contributed by atoms with Crippen molar-refractivity contribution in [2.45, 2.75) is 44.6 Å². The molecule has 0 bridgehead atoms. The van der Waals surface area contributed by atoms with Gasteiger partial charge in [0, 0.05) is 13.0 Å². The van der Waals surface area contributed by atoms with Crippen molar-refractivity contribution in [3.63, 3.8) is 0 Å². The van der Waals surface area contributed by atoms with Crippen LogP contribution in [0.1, 0.15) is 43.6 Å². The highest BCUT2D eigenvalue weighted by atomic mass is 32.2. The molecule has 1 heterocycles. The molecule has 2 aromatic carbocycles. The number of carbonyl (C=O) groups is 1. The van der Waals surface area contributed by atoms with Crippen LogP contribution in [0, 0.1) is 0 Å². The van der Waals surface area contributed by atoms with Crippen molar-refractivity contribution >= 4 is 21.6 Å². The van der Waals surface area contributed by atoms with Crippen LogP contribution in [0.3, 0.4) is 0 Å². The monoisotopic (exact) mass is 444 g/mol. The normalized spacial score (nSPS) is 19.7. The molecule has 1 unspecified atom stereocenters. The maximum absolute atomic E-state index is 13.3. The molecule has 0 radical (unpaired) electrons. The molecular weight excluding hydrogens is 416 g/mol. The number of ether oxygens (including phenoxy) is 1. The zero-order valence-corrected chi connectivity index (χ0v) is 18.8. The Balaban J connectivity index is 1.76. The van der Waals surface area contributed by atoms with E-state index in [1.807, 2.05) is 0 Å². The van der Waals surface area contributed by atoms with Crippen LogP contribution in [0.5, 0.6) is 5.75 Å². The topological polar surface area (TPSA) is 96.3 Å². The molecule has 0 spiro atoms. The van der Waals surface area contributed by atoms with Gasteiger partial charge in [0.25, 0.3) is 15.9 Å². The van der Waals surface area contributed by atoms with Crippen LogP contribution in [0.2, 0.25) is 0 Å². The standard InChI is InChI=1S/C23H28N2O5S/c1-23(2,3)25-22(27)20(21(31(25,28)29)18-8-5-4-6-9-18)24-14-7-15-30-19-12-10-17(16-26)11-13-19/h4-6,8-13,21,26H,7,14-16H2,1-3H3. The summed E-state index contributed by atoms with van der Waals surface area (Å²) in [6.45, 7) is 5.71. The van der Waals surface area contributed by atoms with Gasteiger partial charge in [-0.2, -0.15) is 0 Å². The van der Waals surface area contributed by atoms with Gasteiger partial charge in [0.2, 0.25) is 0 Å². The first-order chi connectivity index (χ1) is 14.7. The van der Waals surface area contributed by atoms with Crippen LogP contribution in [0.15, 0.2) is 59.6 Å². The molecule has 1 aliphatic heterocycles. The fourth-order valence-electron chi connectivity index (χ4n) is 3.52. The Kier molecular flexibility index (Phi) is 6.81. The van der Waals surface area contributed by atoms with Crippen LogP contribution in [-0.2, 0) is 21.4 Å². The van der Waals surface area contributed by atoms with Gasteiger partial charge >= 0.3 is 0 Å². The molecule has 31 heavy (non-hydrogen) atoms. The van der Waals surface area contributed by atoms with Gasteiger partial charge in [-0.05, 0) is 44.0 Å². The zero-order valence-electron chi connectivity index (χ0n) is 18.0. The second-order valence-electron chi connectivity index (χ2n) is 8.35. The lowest BCUT2D eigenvalue weighted by atomic mass is 10.1. The first-order valence-corrected chi connectivity index (χ1v) is 11.7. The molecule has 8 heteroatoms. The van der Waals surface area contributed by atoms with Crippen molar-refractivity contribution in [2.24, 2.45) is 4.99 Å². The molecule has 7 nitrogen and oxygen atoms in total. The SMILES string of the molecule is CC(C)(C)N1C(=O)C(=NCCCOc2ccc(CO)cc2)C(c2ccccc2)S1(=O)=O. The third-order valence-electron chi connectivity index (χ3n) is 4.88. The number of sulfonamides is 1. The quantitative estimate of drug-likeness (QED) is 0.662. The van der Waals surface area contributed by atoms with Crippen molar-refractivity contribution in [3.8, 4) is 5.75 Å². The van der Waals surface area contributed by atoms with E-state index in [0.717, 1.165) is 9.87 Å². The summed E-state index contributed by atoms with van der Waals surface area (Å²) < 4.78 is 33.2. The Bertz CT molecular complexity index is 1040. The third-order valence-corrected chi connectivity index (χ3v) is 7.19. The summed E-state index contributed by atoms with van der Waals surface area (Å²) in [5.74, 6) is 0.104. The number of rotatable bonds is 7. The molecule has 1 aliphatic rings. The number of hydrogen-bond donors (Lipinski definition) is 1. The van der Waals surface area contributed by atoms with Gasteiger partial charge < -0.3 is 9.84 Å². The van der Waals surface area contributed by atoms with E-state index in [2.05, 4.69) is 4.99 Å². The van der Waals surface area contributed by atoms with E-state index in [1.54, 1.807) is 75.4 Å². The largest absolute Gasteiger partial charge is 0.494 e. The van der Waals surface area contributed by atoms with Gasteiger partial charge in [-0.25, -0.2) is 12.7 Å². The summed E-state index contributed by atoms with van der Waals surface area (Å²) in [6.07, 6.45) is 0.523. The molecule has 166 valence electrons. The zero-order chi connectivity index (χ0) is 22.6. The number of benzene rings is 2. The van der Waals surface area contributed by atoms with Gasteiger partial charge in [-0.1, -0.05) is 42.5 Å². The highest BCUT2D eigenvalue weighted by molar-refractivity contribution is 7.91. The average Bonchev–Trinajstić information content (AvgIpc) is 2.93. The van der Waals surface area contributed by atoms with Crippen molar-refractivity contribution < 1.29 is 23.1 Å². The predicted molar refractivity (Wildman–Crippen MR) is 119 cm³/mol. The Labute approximate surface area is 183 Å². The smallest absolute Gasteiger partial charge is 0.283 e. The average molecular weight is 445 g/mol. The Morgan fingerprint density at radius 2 is 1.71 bits per heavy atom. The minimum absolute atomic E-state index is 0.0249. The lowest BCUT2D eigenvalue weighted by Crippen LogP contribution is -2.45. The molecule has 1 N–H and O–H groups in total. The second kappa shape index (κ2) is 9.20. The van der Waals surface area contributed by atoms with Crippen molar-refractivity contribution in [1.29, 1.82) is 0 Å². The van der Waals surface area contributed by atoms with E-state index >= 15 is 0 Å². The maximum Gasteiger partial charge on any atom is 0.283 e. The van der Waals surface area contributed by atoms with Gasteiger partial charge in [-0.15, -0.1) is 0 Å². The molecule has 1 atom stereocenters. The van der Waals surface area contributed by atoms with E-state index in [4.69, 9.17) is 9.84 Å². The minimum atomic E-state index is -3.93. The van der Waals surface area contributed by atoms with E-state index in [-0.39, 0.29) is 18.9 Å². The van der Waals surface area contributed by atoms with Crippen LogP contribution < -0.4 is 4.74 Å². The van der Waals surface area contributed by atoms with E-state index in [1.165, 1.54) is 0 Å². The summed E-state index contributed by atoms with van der Waals surface area (Å²) in [5, 5.41) is 7.98. The predicted octanol–water partition coefficient (Wildman–Crippen LogP) is 3.10. The van der Waals surface area contributed by atoms with Gasteiger partial charge in [0.1, 0.15) is 11.5 Å². The summed E-state index contributed by atoms with van der Waals surface area (Å²) >= 11 is 0. The summed E-state index contributed by atoms with van der Waals surface area (Å²) in [7, 11) is -3.93. The molecule has 1 saturated heterocycles. The minimum Gasteiger partial charge on any atom is -0.494 e. The number of carbonyl (C=O) groups excluding carboxylic acids is 1. The molecule has 0 aromatic heterocycles. The number of aliphatic hydroxyl groups excluding tert-OH is 1. The van der Waals surface area contributed by atoms with Crippen molar-refractivity contribution in [1.82, 2.24) is 4.31 Å². The molecule has 1 amide bonds. The van der Waals surface area contributed by atoms with E-state index in [9.17, 15) is 13.2 Å². The molecular formula is C23H28N2O5S. The Morgan fingerprint density at radius 1 is 1.06 bits per heavy atom. The van der Waals surface area contributed by atoms with E-state index < -0.39 is 26.7 Å². The first-order valence-electron chi connectivity index (χ1n) is 10.2. The number of aliphatic hydroxyl groups is 1. The van der Waals surface area contributed by atoms with Gasteiger partial charge in [0.05, 0.1) is 18.8 Å². The first kappa shape index (κ1) is 23.0. The number of hydrogen-bond acceptors (Lipinski definition) is 6. The lowest BCUT2D eigenvalue weighted by molar-refractivity contribution is -0.122. The van der Waals surface area contributed by atoms with Crippen LogP contribution >= 0.6 is 0 Å². The molecule has 1 fully saturated rings. The lowest BCUT2D eigenvalue weighted by Gasteiger charge is -2.30. The Hall–Kier alpha value is -2.71. The Morgan fingerprint density at radius 3 is 2.29 bits per heavy atom. The highest BCUT2D eigenvalue weighted by Crippen LogP contribution is 2.38. The summed E-state index contributed by atoms with van der Waals surface area (Å²) in [5.41, 5.74) is 0.495. The molecule has 0 aliphatic carbocycles. The number of aliphatic imine (C=N–C) groups is 1. The van der Waals surface area contributed by atoms with Crippen molar-refractivity contribution in [3.05, 3.63) is 65.7 Å². The van der Waals surface area contributed by atoms with Crippen molar-refractivity contribution in [2.75, 3.05) is 13.2 Å². The third kappa shape index (κ3) is 4.97. The fourth-order valence-corrected chi connectivity index (χ4v) is 5.78. The van der Waals surface area contributed by atoms with E-state index in [0.29, 0.717) is 24.3 Å². The fraction of sp³-hybridized carbons (Fsp3) is 0.391. The summed E-state index contributed by atoms with van der Waals surface area (Å²) in [4.78, 5) is 17.5. The molecule has 0 saturated carbocycles. The van der Waals surface area contributed by atoms with Crippen LogP contribution in [0.25, 0.3) is 0 Å². The summed E-state index contributed by atoms with van der Waals surface area (Å²) in [6, 6.07) is 15.8. The molecule has 3 rings (SSSR count). The van der Waals surface area contributed by atoms with Gasteiger partial charge in [-0.3, -0.25) is 9.79 Å².